The number of carbonyl (C=O) groups excluding carboxylic acids is 1. The van der Waals surface area contributed by atoms with E-state index in [1.807, 2.05) is 12.1 Å². The van der Waals surface area contributed by atoms with Crippen molar-refractivity contribution in [3.63, 3.8) is 0 Å². The van der Waals surface area contributed by atoms with Crippen LogP contribution in [0.25, 0.3) is 0 Å². The number of hydrogen-bond acceptors (Lipinski definition) is 3. The minimum atomic E-state index is -4.09. The topological polar surface area (TPSA) is 40.6 Å². The fourth-order valence-corrected chi connectivity index (χ4v) is 7.76. The summed E-state index contributed by atoms with van der Waals surface area (Å²) in [6.45, 7) is 10.5. The quantitative estimate of drug-likeness (QED) is 0.549. The number of benzene rings is 1. The molecule has 1 saturated heterocycles. The second kappa shape index (κ2) is 7.86. The number of fused-ring (bicyclic) bond motifs is 1. The molecule has 0 amide bonds. The zero-order chi connectivity index (χ0) is 21.7. The van der Waals surface area contributed by atoms with Crippen molar-refractivity contribution < 1.29 is 12.9 Å². The Labute approximate surface area is 181 Å². The van der Waals surface area contributed by atoms with Gasteiger partial charge in [0.15, 0.2) is 0 Å². The molecule has 6 heteroatoms. The number of rotatable bonds is 5. The Morgan fingerprint density at radius 3 is 2.53 bits per heavy atom. The lowest BCUT2D eigenvalue weighted by atomic mass is 9.68. The Morgan fingerprint density at radius 1 is 1.20 bits per heavy atom. The standard InChI is InChI=1S/C24H35FN2O2S/c1-5-27-17(2)19(23-20(27)15-24(3,4)16-21(23)28)14-18-10-6-7-11-22(18)30(25,29)26-12-8-9-13-26/h6-7,10-11,20,23,30H,5,8-9,12-16H2,1-4H3/t20-,23?/m0/s1. The molecular weight excluding hydrogens is 399 g/mol. The van der Waals surface area contributed by atoms with Crippen molar-refractivity contribution >= 4 is 16.3 Å². The molecule has 3 aliphatic rings. The van der Waals surface area contributed by atoms with Gasteiger partial charge in [-0.1, -0.05) is 32.0 Å². The summed E-state index contributed by atoms with van der Waals surface area (Å²) in [6, 6.07) is 7.41. The van der Waals surface area contributed by atoms with Crippen LogP contribution in [0, 0.1) is 11.3 Å². The smallest absolute Gasteiger partial charge is 0.142 e. The molecule has 0 spiro atoms. The molecule has 2 atom stereocenters. The molecule has 0 aromatic heterocycles. The maximum Gasteiger partial charge on any atom is 0.142 e. The number of Topliss-reactive ketones (excluding diaryl/α,β-unsaturated/α-hetero) is 1. The minimum absolute atomic E-state index is 0.00367. The first-order chi connectivity index (χ1) is 14.2. The van der Waals surface area contributed by atoms with Crippen molar-refractivity contribution in [2.24, 2.45) is 11.3 Å². The summed E-state index contributed by atoms with van der Waals surface area (Å²) < 4.78 is 30.3. The molecule has 0 bridgehead atoms. The summed E-state index contributed by atoms with van der Waals surface area (Å²) >= 11 is 0. The summed E-state index contributed by atoms with van der Waals surface area (Å²) in [7, 11) is -4.09. The van der Waals surface area contributed by atoms with E-state index in [-0.39, 0.29) is 17.4 Å². The highest BCUT2D eigenvalue weighted by molar-refractivity contribution is 7.96. The molecule has 1 aromatic rings. The van der Waals surface area contributed by atoms with E-state index >= 15 is 3.89 Å². The summed E-state index contributed by atoms with van der Waals surface area (Å²) in [6.07, 6.45) is 3.84. The maximum absolute atomic E-state index is 15.6. The van der Waals surface area contributed by atoms with Gasteiger partial charge in [-0.15, -0.1) is 3.89 Å². The first kappa shape index (κ1) is 21.7. The van der Waals surface area contributed by atoms with Gasteiger partial charge in [0.05, 0.1) is 21.3 Å². The van der Waals surface area contributed by atoms with Crippen LogP contribution in [0.2, 0.25) is 0 Å². The molecule has 2 fully saturated rings. The second-order valence-electron chi connectivity index (χ2n) is 9.92. The van der Waals surface area contributed by atoms with E-state index in [4.69, 9.17) is 0 Å². The Balaban J connectivity index is 1.70. The molecule has 4 nitrogen and oxygen atoms in total. The molecule has 2 aliphatic heterocycles. The van der Waals surface area contributed by atoms with E-state index in [2.05, 4.69) is 32.6 Å². The monoisotopic (exact) mass is 434 g/mol. The van der Waals surface area contributed by atoms with E-state index < -0.39 is 10.5 Å². The molecule has 1 aliphatic carbocycles. The third-order valence-corrected chi connectivity index (χ3v) is 9.43. The number of hydrogen-bond donors (Lipinski definition) is 1. The first-order valence-electron chi connectivity index (χ1n) is 11.3. The van der Waals surface area contributed by atoms with E-state index in [1.54, 1.807) is 12.1 Å². The van der Waals surface area contributed by atoms with Gasteiger partial charge in [-0.3, -0.25) is 4.79 Å². The number of carbonyl (C=O) groups is 1. The van der Waals surface area contributed by atoms with E-state index in [0.29, 0.717) is 36.6 Å². The Morgan fingerprint density at radius 2 is 1.87 bits per heavy atom. The first-order valence-corrected chi connectivity index (χ1v) is 12.8. The predicted molar refractivity (Wildman–Crippen MR) is 120 cm³/mol. The van der Waals surface area contributed by atoms with E-state index in [0.717, 1.165) is 42.6 Å². The highest BCUT2D eigenvalue weighted by atomic mass is 32.3. The van der Waals surface area contributed by atoms with Gasteiger partial charge < -0.3 is 4.90 Å². The average Bonchev–Trinajstić information content (AvgIpc) is 3.29. The van der Waals surface area contributed by atoms with Crippen LogP contribution in [0.5, 0.6) is 0 Å². The lowest BCUT2D eigenvalue weighted by Crippen LogP contribution is -2.45. The van der Waals surface area contributed by atoms with Gasteiger partial charge in [0.2, 0.25) is 0 Å². The lowest BCUT2D eigenvalue weighted by Gasteiger charge is -2.41. The predicted octanol–water partition coefficient (Wildman–Crippen LogP) is 4.48. The van der Waals surface area contributed by atoms with Crippen LogP contribution >= 0.6 is 0 Å². The summed E-state index contributed by atoms with van der Waals surface area (Å²) in [4.78, 5) is 15.9. The Kier molecular flexibility index (Phi) is 5.69. The van der Waals surface area contributed by atoms with Crippen LogP contribution < -0.4 is 0 Å². The second-order valence-corrected chi connectivity index (χ2v) is 12.0. The normalized spacial score (nSPS) is 27.6. The van der Waals surface area contributed by atoms with Crippen molar-refractivity contribution in [3.05, 3.63) is 41.1 Å². The summed E-state index contributed by atoms with van der Waals surface area (Å²) in [5, 5.41) is 0. The third kappa shape index (κ3) is 3.66. The molecule has 30 heavy (non-hydrogen) atoms. The minimum Gasteiger partial charge on any atom is -0.371 e. The van der Waals surface area contributed by atoms with E-state index in [9.17, 15) is 9.00 Å². The average molecular weight is 435 g/mol. The summed E-state index contributed by atoms with van der Waals surface area (Å²) in [5.74, 6) is 0.166. The van der Waals surface area contributed by atoms with Crippen molar-refractivity contribution in [1.82, 2.24) is 9.21 Å². The van der Waals surface area contributed by atoms with Crippen LogP contribution in [0.15, 0.2) is 40.4 Å². The Hall–Kier alpha value is -1.53. The lowest BCUT2D eigenvalue weighted by molar-refractivity contribution is -0.128. The molecule has 1 unspecified atom stereocenters. The number of thiol groups is 1. The van der Waals surface area contributed by atoms with Crippen molar-refractivity contribution in [2.45, 2.75) is 70.7 Å². The van der Waals surface area contributed by atoms with Crippen LogP contribution in [0.4, 0.5) is 3.89 Å². The molecule has 1 saturated carbocycles. The molecule has 0 radical (unpaired) electrons. The van der Waals surface area contributed by atoms with Gasteiger partial charge in [-0.25, -0.2) is 8.51 Å². The molecule has 166 valence electrons. The molecular formula is C24H35FN2O2S. The molecule has 2 heterocycles. The van der Waals surface area contributed by atoms with Crippen molar-refractivity contribution in [1.29, 1.82) is 0 Å². The van der Waals surface area contributed by atoms with Gasteiger partial charge in [0, 0.05) is 37.8 Å². The number of halogens is 1. The van der Waals surface area contributed by atoms with Crippen LogP contribution in [0.3, 0.4) is 0 Å². The van der Waals surface area contributed by atoms with Crippen molar-refractivity contribution in [3.8, 4) is 0 Å². The van der Waals surface area contributed by atoms with Gasteiger partial charge >= 0.3 is 0 Å². The zero-order valence-electron chi connectivity index (χ0n) is 18.7. The maximum atomic E-state index is 15.6. The fraction of sp³-hybridized carbons (Fsp3) is 0.625. The molecule has 1 aromatic carbocycles. The van der Waals surface area contributed by atoms with Crippen LogP contribution in [0.1, 0.15) is 58.9 Å². The number of nitrogens with zero attached hydrogens (tertiary/aromatic N) is 2. The highest BCUT2D eigenvalue weighted by Gasteiger charge is 2.49. The van der Waals surface area contributed by atoms with Crippen LogP contribution in [-0.2, 0) is 21.7 Å². The van der Waals surface area contributed by atoms with Gasteiger partial charge in [-0.2, -0.15) is 0 Å². The third-order valence-electron chi connectivity index (χ3n) is 7.27. The fourth-order valence-electron chi connectivity index (χ4n) is 5.88. The largest absolute Gasteiger partial charge is 0.371 e. The summed E-state index contributed by atoms with van der Waals surface area (Å²) in [5.41, 5.74) is 3.00. The van der Waals surface area contributed by atoms with Crippen LogP contribution in [-0.4, -0.2) is 44.9 Å². The molecule has 0 N–H and O–H groups in total. The molecule has 4 rings (SSSR count). The number of ketones is 1. The highest BCUT2D eigenvalue weighted by Crippen LogP contribution is 2.48. The number of allylic oxidation sites excluding steroid dienone is 1. The Bertz CT molecular complexity index is 920. The van der Waals surface area contributed by atoms with Gasteiger partial charge in [0.25, 0.3) is 0 Å². The van der Waals surface area contributed by atoms with E-state index in [1.165, 1.54) is 4.31 Å². The van der Waals surface area contributed by atoms with Gasteiger partial charge in [0.1, 0.15) is 5.78 Å². The van der Waals surface area contributed by atoms with Crippen molar-refractivity contribution in [2.75, 3.05) is 19.6 Å². The SMILES string of the molecule is CCN1C(C)=C(Cc2ccccc2[SH](=O)(F)N2CCCC2)C2C(=O)CC(C)(C)C[C@@H]21. The zero-order valence-corrected chi connectivity index (χ0v) is 19.6. The van der Waals surface area contributed by atoms with Gasteiger partial charge in [-0.05, 0) is 62.1 Å².